The van der Waals surface area contributed by atoms with Crippen molar-refractivity contribution in [1.82, 2.24) is 5.32 Å². The Morgan fingerprint density at radius 2 is 1.50 bits per heavy atom. The Labute approximate surface area is 225 Å². The van der Waals surface area contributed by atoms with Crippen LogP contribution < -0.4 is 5.32 Å². The molecule has 0 heterocycles. The van der Waals surface area contributed by atoms with E-state index < -0.39 is 36.3 Å². The van der Waals surface area contributed by atoms with Gasteiger partial charge in [-0.3, -0.25) is 9.59 Å². The number of carbonyl (C=O) groups is 3. The lowest BCUT2D eigenvalue weighted by molar-refractivity contribution is -0.223. The van der Waals surface area contributed by atoms with Crippen molar-refractivity contribution >= 4 is 17.8 Å². The monoisotopic (exact) mass is 537 g/mol. The molecule has 0 aromatic rings. The number of aliphatic hydroxyl groups excluding tert-OH is 3. The van der Waals surface area contributed by atoms with E-state index in [0.717, 1.165) is 38.5 Å². The first-order chi connectivity index (χ1) is 17.8. The molecule has 4 saturated carbocycles. The van der Waals surface area contributed by atoms with Crippen LogP contribution in [0.15, 0.2) is 0 Å². The zero-order valence-electron chi connectivity index (χ0n) is 23.0. The van der Waals surface area contributed by atoms with Crippen molar-refractivity contribution in [2.45, 2.75) is 116 Å². The molecule has 216 valence electrons. The summed E-state index contributed by atoms with van der Waals surface area (Å²) in [4.78, 5) is 34.8. The van der Waals surface area contributed by atoms with Gasteiger partial charge in [-0.1, -0.05) is 20.8 Å². The molecule has 0 radical (unpaired) electrons. The minimum absolute atomic E-state index is 0.000222. The average Bonchev–Trinajstić information content (AvgIpc) is 3.21. The van der Waals surface area contributed by atoms with Crippen LogP contribution in [-0.2, 0) is 14.4 Å². The normalized spacial score (nSPS) is 43.7. The third-order valence-corrected chi connectivity index (χ3v) is 11.6. The number of fused-ring (bicyclic) bond motifs is 5. The Morgan fingerprint density at radius 3 is 2.16 bits per heavy atom. The highest BCUT2D eigenvalue weighted by Crippen LogP contribution is 2.68. The van der Waals surface area contributed by atoms with E-state index in [2.05, 4.69) is 26.1 Å². The lowest BCUT2D eigenvalue weighted by Gasteiger charge is -2.63. The molecule has 12 atom stereocenters. The van der Waals surface area contributed by atoms with E-state index >= 15 is 0 Å². The number of rotatable bonds is 9. The molecule has 0 aromatic heterocycles. The molecule has 0 unspecified atom stereocenters. The summed E-state index contributed by atoms with van der Waals surface area (Å²) in [5.41, 5.74) is -0.0762. The van der Waals surface area contributed by atoms with Crippen LogP contribution in [0, 0.1) is 46.3 Å². The van der Waals surface area contributed by atoms with Crippen molar-refractivity contribution in [1.29, 1.82) is 0 Å². The lowest BCUT2D eigenvalue weighted by atomic mass is 9.43. The molecule has 9 nitrogen and oxygen atoms in total. The number of carboxylic acids is 2. The smallest absolute Gasteiger partial charge is 0.326 e. The standard InChI is InChI=1S/C29H47NO8/c1-15(4-8-22(32)30-21(27(37)38)7-9-23(33)34)17-5-6-18-24-19(11-13-28(17,18)2)29(3)12-10-16(31)14-20(29)25(35)26(24)36/h15-21,24-26,31,35-36H,4-14H2,1-3H3,(H,30,32)(H,33,34)(H,37,38)/t15-,16-,17-,18+,19+,20+,21+,24+,25-,26+,28-,29-/m1/s1. The van der Waals surface area contributed by atoms with E-state index in [1.165, 1.54) is 0 Å². The van der Waals surface area contributed by atoms with Crippen LogP contribution >= 0.6 is 0 Å². The van der Waals surface area contributed by atoms with E-state index in [1.807, 2.05) is 0 Å². The molecule has 4 aliphatic rings. The molecule has 6 N–H and O–H groups in total. The predicted octanol–water partition coefficient (Wildman–Crippen LogP) is 2.80. The maximum absolute atomic E-state index is 12.5. The van der Waals surface area contributed by atoms with Crippen molar-refractivity contribution in [3.05, 3.63) is 0 Å². The van der Waals surface area contributed by atoms with Crippen LogP contribution in [-0.4, -0.2) is 67.7 Å². The van der Waals surface area contributed by atoms with Gasteiger partial charge in [0.05, 0.1) is 18.3 Å². The van der Waals surface area contributed by atoms with Gasteiger partial charge in [-0.15, -0.1) is 0 Å². The van der Waals surface area contributed by atoms with E-state index in [9.17, 15) is 34.8 Å². The summed E-state index contributed by atoms with van der Waals surface area (Å²) < 4.78 is 0. The highest BCUT2D eigenvalue weighted by atomic mass is 16.4. The van der Waals surface area contributed by atoms with Crippen molar-refractivity contribution < 1.29 is 39.9 Å². The number of aliphatic hydroxyl groups is 3. The van der Waals surface area contributed by atoms with Crippen LogP contribution in [0.5, 0.6) is 0 Å². The molecule has 4 aliphatic carbocycles. The lowest BCUT2D eigenvalue weighted by Crippen LogP contribution is -2.64. The van der Waals surface area contributed by atoms with Gasteiger partial charge in [0.1, 0.15) is 6.04 Å². The van der Waals surface area contributed by atoms with Gasteiger partial charge in [0.15, 0.2) is 0 Å². The van der Waals surface area contributed by atoms with Gasteiger partial charge in [-0.2, -0.15) is 0 Å². The topological polar surface area (TPSA) is 164 Å². The van der Waals surface area contributed by atoms with Gasteiger partial charge in [0.2, 0.25) is 5.91 Å². The van der Waals surface area contributed by atoms with Gasteiger partial charge in [0.25, 0.3) is 0 Å². The quantitative estimate of drug-likeness (QED) is 0.261. The maximum atomic E-state index is 12.5. The second kappa shape index (κ2) is 11.0. The number of carbonyl (C=O) groups excluding carboxylic acids is 1. The van der Waals surface area contributed by atoms with Crippen LogP contribution in [0.4, 0.5) is 0 Å². The fourth-order valence-electron chi connectivity index (χ4n) is 9.57. The van der Waals surface area contributed by atoms with Gasteiger partial charge >= 0.3 is 11.9 Å². The first-order valence-electron chi connectivity index (χ1n) is 14.6. The molecule has 0 bridgehead atoms. The average molecular weight is 538 g/mol. The molecule has 4 fully saturated rings. The summed E-state index contributed by atoms with van der Waals surface area (Å²) in [6.07, 6.45) is 4.55. The number of hydrogen-bond acceptors (Lipinski definition) is 6. The minimum atomic E-state index is -1.23. The van der Waals surface area contributed by atoms with Crippen molar-refractivity contribution in [2.24, 2.45) is 46.3 Å². The Kier molecular flexibility index (Phi) is 8.51. The number of hydrogen-bond donors (Lipinski definition) is 6. The summed E-state index contributed by atoms with van der Waals surface area (Å²) in [5, 5.41) is 53.6. The van der Waals surface area contributed by atoms with Crippen LogP contribution in [0.2, 0.25) is 0 Å². The highest BCUT2D eigenvalue weighted by Gasteiger charge is 2.65. The van der Waals surface area contributed by atoms with Crippen LogP contribution in [0.3, 0.4) is 0 Å². The van der Waals surface area contributed by atoms with Gasteiger partial charge in [-0.05, 0) is 104 Å². The van der Waals surface area contributed by atoms with E-state index in [4.69, 9.17) is 5.11 Å². The Bertz CT molecular complexity index is 911. The molecular formula is C29H47NO8. The van der Waals surface area contributed by atoms with E-state index in [1.54, 1.807) is 0 Å². The largest absolute Gasteiger partial charge is 0.481 e. The Balaban J connectivity index is 1.41. The number of carboxylic acid groups (broad SMARTS) is 2. The molecular weight excluding hydrogens is 490 g/mol. The molecule has 0 spiro atoms. The first kappa shape index (κ1) is 29.3. The first-order valence-corrected chi connectivity index (χ1v) is 14.6. The van der Waals surface area contributed by atoms with E-state index in [0.29, 0.717) is 30.6 Å². The zero-order valence-corrected chi connectivity index (χ0v) is 23.0. The zero-order chi connectivity index (χ0) is 28.0. The van der Waals surface area contributed by atoms with Crippen molar-refractivity contribution in [3.8, 4) is 0 Å². The highest BCUT2D eigenvalue weighted by molar-refractivity contribution is 5.83. The second-order valence-electron chi connectivity index (χ2n) is 13.4. The third kappa shape index (κ3) is 5.22. The Morgan fingerprint density at radius 1 is 0.842 bits per heavy atom. The fourth-order valence-corrected chi connectivity index (χ4v) is 9.57. The van der Waals surface area contributed by atoms with Gasteiger partial charge in [-0.25, -0.2) is 4.79 Å². The molecule has 0 saturated heterocycles. The molecule has 4 rings (SSSR count). The molecule has 1 amide bonds. The van der Waals surface area contributed by atoms with Crippen molar-refractivity contribution in [3.63, 3.8) is 0 Å². The number of aliphatic carboxylic acids is 2. The van der Waals surface area contributed by atoms with Crippen molar-refractivity contribution in [2.75, 3.05) is 0 Å². The number of amides is 1. The minimum Gasteiger partial charge on any atom is -0.481 e. The SMILES string of the molecule is C[C@H](CCC(=O)N[C@@H](CCC(=O)O)C(=O)O)[C@H]1CC[C@H]2[C@@H]3[C@H](O)[C@H](O)[C@@H]4C[C@H](O)CC[C@]4(C)[C@H]3CC[C@]12C. The summed E-state index contributed by atoms with van der Waals surface area (Å²) >= 11 is 0. The van der Waals surface area contributed by atoms with Crippen LogP contribution in [0.25, 0.3) is 0 Å². The Hall–Kier alpha value is -1.71. The molecule has 38 heavy (non-hydrogen) atoms. The van der Waals surface area contributed by atoms with Gasteiger partial charge < -0.3 is 30.8 Å². The molecule has 0 aromatic carbocycles. The second-order valence-corrected chi connectivity index (χ2v) is 13.4. The van der Waals surface area contributed by atoms with Gasteiger partial charge in [0, 0.05) is 12.8 Å². The molecule has 9 heteroatoms. The van der Waals surface area contributed by atoms with Crippen LogP contribution in [0.1, 0.15) is 91.4 Å². The summed E-state index contributed by atoms with van der Waals surface area (Å²) in [7, 11) is 0. The maximum Gasteiger partial charge on any atom is 0.326 e. The summed E-state index contributed by atoms with van der Waals surface area (Å²) in [6.45, 7) is 6.75. The van der Waals surface area contributed by atoms with E-state index in [-0.39, 0.29) is 53.8 Å². The predicted molar refractivity (Wildman–Crippen MR) is 139 cm³/mol. The fraction of sp³-hybridized carbons (Fsp3) is 0.897. The number of nitrogens with one attached hydrogen (secondary N) is 1. The summed E-state index contributed by atoms with van der Waals surface area (Å²) in [6, 6.07) is -1.21. The third-order valence-electron chi connectivity index (χ3n) is 11.6. The molecule has 0 aliphatic heterocycles. The summed E-state index contributed by atoms with van der Waals surface area (Å²) in [5.74, 6) is -1.52.